The van der Waals surface area contributed by atoms with Crippen LogP contribution < -0.4 is 5.32 Å². The molecule has 2 fully saturated rings. The average molecular weight is 397 g/mol. The number of likely N-dealkylation sites (tertiary alicyclic amines) is 1. The normalized spacial score (nSPS) is 18.2. The van der Waals surface area contributed by atoms with E-state index in [0.717, 1.165) is 57.2 Å². The van der Waals surface area contributed by atoms with Gasteiger partial charge in [-0.3, -0.25) is 9.59 Å². The highest BCUT2D eigenvalue weighted by Gasteiger charge is 2.42. The molecular weight excluding hydrogens is 372 g/mol. The smallest absolute Gasteiger partial charge is 0.253 e. The van der Waals surface area contributed by atoms with Crippen LogP contribution in [0.4, 0.5) is 5.69 Å². The zero-order chi connectivity index (χ0) is 19.6. The van der Waals surface area contributed by atoms with Gasteiger partial charge < -0.3 is 10.2 Å². The summed E-state index contributed by atoms with van der Waals surface area (Å²) >= 11 is 6.04. The standard InChI is InChI=1S/C23H25ClN2O2/c24-19-10-8-18(9-11-19)23(12-1-2-13-23)22(28)25-20-7-5-6-17(16-20)21(27)26-14-3-4-15-26/h5-11,16H,1-4,12-15H2,(H,25,28). The quantitative estimate of drug-likeness (QED) is 0.788. The molecule has 28 heavy (non-hydrogen) atoms. The number of anilines is 1. The van der Waals surface area contributed by atoms with Gasteiger partial charge in [0, 0.05) is 29.4 Å². The van der Waals surface area contributed by atoms with Gasteiger partial charge in [-0.2, -0.15) is 0 Å². The third-order valence-corrected chi connectivity index (χ3v) is 6.30. The van der Waals surface area contributed by atoms with E-state index in [1.807, 2.05) is 47.4 Å². The first-order chi connectivity index (χ1) is 13.6. The van der Waals surface area contributed by atoms with Crippen LogP contribution in [0.2, 0.25) is 5.02 Å². The predicted octanol–water partition coefficient (Wildman–Crippen LogP) is 5.03. The van der Waals surface area contributed by atoms with E-state index in [1.165, 1.54) is 0 Å². The van der Waals surface area contributed by atoms with E-state index in [2.05, 4.69) is 5.32 Å². The van der Waals surface area contributed by atoms with Crippen LogP contribution in [0.1, 0.15) is 54.4 Å². The largest absolute Gasteiger partial charge is 0.339 e. The van der Waals surface area contributed by atoms with E-state index >= 15 is 0 Å². The van der Waals surface area contributed by atoms with Crippen molar-refractivity contribution in [3.05, 3.63) is 64.7 Å². The minimum absolute atomic E-state index is 0.00176. The lowest BCUT2D eigenvalue weighted by Gasteiger charge is -2.28. The number of amides is 2. The van der Waals surface area contributed by atoms with Crippen LogP contribution in [0.25, 0.3) is 0 Å². The number of halogens is 1. The molecule has 2 aromatic rings. The molecule has 5 heteroatoms. The number of hydrogen-bond donors (Lipinski definition) is 1. The second-order valence-corrected chi connectivity index (χ2v) is 8.27. The molecule has 0 atom stereocenters. The van der Waals surface area contributed by atoms with Crippen LogP contribution in [-0.2, 0) is 10.2 Å². The molecule has 1 saturated carbocycles. The Morgan fingerprint density at radius 2 is 1.61 bits per heavy atom. The van der Waals surface area contributed by atoms with Crippen LogP contribution in [0.15, 0.2) is 48.5 Å². The van der Waals surface area contributed by atoms with Crippen molar-refractivity contribution in [3.63, 3.8) is 0 Å². The van der Waals surface area contributed by atoms with Crippen LogP contribution in [0, 0.1) is 0 Å². The van der Waals surface area contributed by atoms with Crippen molar-refractivity contribution in [1.82, 2.24) is 4.90 Å². The first-order valence-corrected chi connectivity index (χ1v) is 10.4. The van der Waals surface area contributed by atoms with Crippen LogP contribution >= 0.6 is 11.6 Å². The maximum absolute atomic E-state index is 13.3. The molecule has 1 aliphatic heterocycles. The molecule has 4 rings (SSSR count). The van der Waals surface area contributed by atoms with Gasteiger partial charge in [0.1, 0.15) is 0 Å². The lowest BCUT2D eigenvalue weighted by Crippen LogP contribution is -2.38. The van der Waals surface area contributed by atoms with Gasteiger partial charge in [-0.25, -0.2) is 0 Å². The SMILES string of the molecule is O=C(c1cccc(NC(=O)C2(c3ccc(Cl)cc3)CCCC2)c1)N1CCCC1. The van der Waals surface area contributed by atoms with Gasteiger partial charge in [0.15, 0.2) is 0 Å². The van der Waals surface area contributed by atoms with Gasteiger partial charge >= 0.3 is 0 Å². The second kappa shape index (κ2) is 7.96. The minimum Gasteiger partial charge on any atom is -0.339 e. The summed E-state index contributed by atoms with van der Waals surface area (Å²) in [5.74, 6) is 0.0416. The van der Waals surface area contributed by atoms with E-state index in [4.69, 9.17) is 11.6 Å². The van der Waals surface area contributed by atoms with Gasteiger partial charge in [-0.05, 0) is 61.6 Å². The Kier molecular flexibility index (Phi) is 5.40. The fourth-order valence-electron chi connectivity index (χ4n) is 4.48. The Balaban J connectivity index is 1.56. The van der Waals surface area contributed by atoms with Gasteiger partial charge in [-0.15, -0.1) is 0 Å². The fraction of sp³-hybridized carbons (Fsp3) is 0.391. The number of rotatable bonds is 4. The van der Waals surface area contributed by atoms with E-state index in [0.29, 0.717) is 16.3 Å². The third-order valence-electron chi connectivity index (χ3n) is 6.05. The first-order valence-electron chi connectivity index (χ1n) is 10.1. The zero-order valence-electron chi connectivity index (χ0n) is 15.9. The molecule has 2 aromatic carbocycles. The number of nitrogens with zero attached hydrogens (tertiary/aromatic N) is 1. The summed E-state index contributed by atoms with van der Waals surface area (Å²) in [4.78, 5) is 27.9. The summed E-state index contributed by atoms with van der Waals surface area (Å²) in [6.45, 7) is 1.63. The highest BCUT2D eigenvalue weighted by atomic mass is 35.5. The fourth-order valence-corrected chi connectivity index (χ4v) is 4.60. The number of hydrogen-bond acceptors (Lipinski definition) is 2. The highest BCUT2D eigenvalue weighted by molar-refractivity contribution is 6.30. The maximum atomic E-state index is 13.3. The predicted molar refractivity (Wildman–Crippen MR) is 112 cm³/mol. The van der Waals surface area contributed by atoms with Crippen molar-refractivity contribution in [2.75, 3.05) is 18.4 Å². The van der Waals surface area contributed by atoms with Crippen LogP contribution in [0.3, 0.4) is 0 Å². The maximum Gasteiger partial charge on any atom is 0.253 e. The number of nitrogens with one attached hydrogen (secondary N) is 1. The average Bonchev–Trinajstić information content (AvgIpc) is 3.41. The van der Waals surface area contributed by atoms with Crippen molar-refractivity contribution in [1.29, 1.82) is 0 Å². The molecule has 146 valence electrons. The zero-order valence-corrected chi connectivity index (χ0v) is 16.7. The van der Waals surface area contributed by atoms with E-state index in [-0.39, 0.29) is 11.8 Å². The Labute approximate surface area is 170 Å². The molecule has 1 aliphatic carbocycles. The second-order valence-electron chi connectivity index (χ2n) is 7.83. The molecule has 0 radical (unpaired) electrons. The Morgan fingerprint density at radius 3 is 2.29 bits per heavy atom. The molecule has 0 spiro atoms. The summed E-state index contributed by atoms with van der Waals surface area (Å²) in [6, 6.07) is 14.9. The van der Waals surface area contributed by atoms with E-state index in [1.54, 1.807) is 6.07 Å². The topological polar surface area (TPSA) is 49.4 Å². The molecular formula is C23H25ClN2O2. The van der Waals surface area contributed by atoms with Crippen molar-refractivity contribution >= 4 is 29.1 Å². The third kappa shape index (κ3) is 3.66. The molecule has 4 nitrogen and oxygen atoms in total. The van der Waals surface area contributed by atoms with Gasteiger partial charge in [0.2, 0.25) is 5.91 Å². The molecule has 0 bridgehead atoms. The molecule has 1 heterocycles. The Hall–Kier alpha value is -2.33. The van der Waals surface area contributed by atoms with Gasteiger partial charge in [-0.1, -0.05) is 42.6 Å². The summed E-state index contributed by atoms with van der Waals surface area (Å²) in [5, 5.41) is 3.75. The lowest BCUT2D eigenvalue weighted by atomic mass is 9.78. The van der Waals surface area contributed by atoms with Crippen molar-refractivity contribution in [2.24, 2.45) is 0 Å². The Morgan fingerprint density at radius 1 is 0.929 bits per heavy atom. The lowest BCUT2D eigenvalue weighted by molar-refractivity contribution is -0.121. The Bertz CT molecular complexity index is 866. The summed E-state index contributed by atoms with van der Waals surface area (Å²) in [7, 11) is 0. The van der Waals surface area contributed by atoms with Crippen LogP contribution in [-0.4, -0.2) is 29.8 Å². The number of benzene rings is 2. The van der Waals surface area contributed by atoms with Crippen molar-refractivity contribution in [3.8, 4) is 0 Å². The molecule has 1 saturated heterocycles. The van der Waals surface area contributed by atoms with Crippen LogP contribution in [0.5, 0.6) is 0 Å². The summed E-state index contributed by atoms with van der Waals surface area (Å²) in [5.41, 5.74) is 1.79. The molecule has 0 aromatic heterocycles. The van der Waals surface area contributed by atoms with E-state index in [9.17, 15) is 9.59 Å². The molecule has 1 N–H and O–H groups in total. The monoisotopic (exact) mass is 396 g/mol. The van der Waals surface area contributed by atoms with E-state index < -0.39 is 5.41 Å². The van der Waals surface area contributed by atoms with Gasteiger partial charge in [0.05, 0.1) is 5.41 Å². The molecule has 0 unspecified atom stereocenters. The molecule has 2 amide bonds. The summed E-state index contributed by atoms with van der Waals surface area (Å²) < 4.78 is 0. The summed E-state index contributed by atoms with van der Waals surface area (Å²) in [6.07, 6.45) is 5.84. The first kappa shape index (κ1) is 19.0. The highest BCUT2D eigenvalue weighted by Crippen LogP contribution is 2.42. The number of carbonyl (C=O) groups is 2. The van der Waals surface area contributed by atoms with Crippen molar-refractivity contribution in [2.45, 2.75) is 43.9 Å². The van der Waals surface area contributed by atoms with Gasteiger partial charge in [0.25, 0.3) is 5.91 Å². The molecule has 2 aliphatic rings. The van der Waals surface area contributed by atoms with Crippen molar-refractivity contribution < 1.29 is 9.59 Å². The minimum atomic E-state index is -0.528. The number of carbonyl (C=O) groups excluding carboxylic acids is 2.